The summed E-state index contributed by atoms with van der Waals surface area (Å²) in [6, 6.07) is 0. The summed E-state index contributed by atoms with van der Waals surface area (Å²) in [7, 11) is 0. The molecule has 8 nitrogen and oxygen atoms in total. The van der Waals surface area contributed by atoms with Gasteiger partial charge in [0.05, 0.1) is 24.0 Å². The second-order valence-electron chi connectivity index (χ2n) is 9.23. The van der Waals surface area contributed by atoms with E-state index in [2.05, 4.69) is 0 Å². The number of aliphatic hydroxyl groups is 2. The van der Waals surface area contributed by atoms with Crippen LogP contribution in [-0.2, 0) is 40.9 Å². The summed E-state index contributed by atoms with van der Waals surface area (Å²) >= 11 is 0. The van der Waals surface area contributed by atoms with Gasteiger partial charge in [0.1, 0.15) is 11.6 Å². The van der Waals surface area contributed by atoms with Gasteiger partial charge in [0.25, 0.3) is 0 Å². The first-order valence-corrected chi connectivity index (χ1v) is 11.2. The van der Waals surface area contributed by atoms with Crippen molar-refractivity contribution in [3.05, 3.63) is 0 Å². The van der Waals surface area contributed by atoms with Crippen LogP contribution in [0.1, 0.15) is 95.9 Å². The Bertz CT molecular complexity index is 472. The van der Waals surface area contributed by atoms with Gasteiger partial charge in [-0.25, -0.2) is 0 Å². The molecule has 0 fully saturated rings. The molecule has 0 saturated carbocycles. The van der Waals surface area contributed by atoms with Crippen molar-refractivity contribution in [2.45, 2.75) is 107 Å². The predicted molar refractivity (Wildman–Crippen MR) is 130 cm³/mol. The van der Waals surface area contributed by atoms with Crippen LogP contribution in [-0.4, -0.2) is 80.8 Å². The van der Waals surface area contributed by atoms with Gasteiger partial charge in [0, 0.05) is 26.2 Å². The molecule has 0 unspecified atom stereocenters. The third-order valence-corrected chi connectivity index (χ3v) is 3.03. The molecule has 9 heteroatoms. The molecule has 0 aliphatic heterocycles. The molecule has 0 saturated heterocycles. The third-order valence-electron chi connectivity index (χ3n) is 3.03. The maximum atomic E-state index is 11.1. The number of carbonyl (C=O) groups excluding carboxylic acids is 4. The molecule has 0 rings (SSSR count). The van der Waals surface area contributed by atoms with Gasteiger partial charge in [0.15, 0.2) is 0 Å². The number of hydrogen-bond acceptors (Lipinski definition) is 6. The summed E-state index contributed by atoms with van der Waals surface area (Å²) < 4.78 is 0. The zero-order valence-electron chi connectivity index (χ0n) is 23.2. The van der Waals surface area contributed by atoms with Gasteiger partial charge < -0.3 is 20.0 Å². The van der Waals surface area contributed by atoms with Gasteiger partial charge in [-0.2, -0.15) is 0 Å². The molecule has 0 bridgehead atoms. The van der Waals surface area contributed by atoms with Crippen LogP contribution in [0.15, 0.2) is 0 Å². The van der Waals surface area contributed by atoms with Gasteiger partial charge in [-0.1, -0.05) is 0 Å². The van der Waals surface area contributed by atoms with Gasteiger partial charge in [-0.15, -0.1) is 0 Å². The zero-order valence-corrected chi connectivity index (χ0v) is 24.7. The minimum Gasteiger partial charge on any atom is -0.391 e. The SMILES string of the molecule is CC(C)(C)O.CC(C)(C)O.CCN(CC)C(=O)CC(C)=O.CCN(CC)C(=O)CC(C)=O.[Ti+2]. The average Bonchev–Trinajstić information content (AvgIpc) is 2.53. The van der Waals surface area contributed by atoms with E-state index in [0.717, 1.165) is 0 Å². The van der Waals surface area contributed by atoms with Gasteiger partial charge in [0.2, 0.25) is 11.8 Å². The molecule has 194 valence electrons. The molecule has 0 aromatic carbocycles. The second-order valence-corrected chi connectivity index (χ2v) is 9.23. The van der Waals surface area contributed by atoms with Crippen LogP contribution in [0.3, 0.4) is 0 Å². The summed E-state index contributed by atoms with van der Waals surface area (Å²) in [6.07, 6.45) is 0.0867. The Morgan fingerprint density at radius 1 is 0.576 bits per heavy atom. The average molecular weight is 511 g/mol. The van der Waals surface area contributed by atoms with Crippen LogP contribution in [0.5, 0.6) is 0 Å². The van der Waals surface area contributed by atoms with E-state index in [1.165, 1.54) is 13.8 Å². The maximum absolute atomic E-state index is 11.1. The van der Waals surface area contributed by atoms with E-state index in [9.17, 15) is 19.2 Å². The monoisotopic (exact) mass is 510 g/mol. The number of Topliss-reactive ketones (excluding diaryl/α,β-unsaturated/α-hetero) is 2. The minimum atomic E-state index is -0.500. The smallest absolute Gasteiger partial charge is 0.391 e. The molecular weight excluding hydrogens is 460 g/mol. The minimum absolute atomic E-state index is 0. The number of rotatable bonds is 8. The summed E-state index contributed by atoms with van der Waals surface area (Å²) in [6.45, 7) is 23.7. The summed E-state index contributed by atoms with van der Waals surface area (Å²) in [4.78, 5) is 46.6. The van der Waals surface area contributed by atoms with Gasteiger partial charge in [-0.3, -0.25) is 19.2 Å². The van der Waals surface area contributed by atoms with Crippen LogP contribution < -0.4 is 0 Å². The number of carbonyl (C=O) groups is 4. The normalized spacial score (nSPS) is 9.88. The largest absolute Gasteiger partial charge is 2.00 e. The van der Waals surface area contributed by atoms with Crippen molar-refractivity contribution in [2.24, 2.45) is 0 Å². The first kappa shape index (κ1) is 42.1. The van der Waals surface area contributed by atoms with Gasteiger partial charge >= 0.3 is 21.7 Å². The van der Waals surface area contributed by atoms with Crippen molar-refractivity contribution in [3.8, 4) is 0 Å². The first-order chi connectivity index (χ1) is 14.2. The Hall–Kier alpha value is -1.09. The Balaban J connectivity index is -0.000000112. The van der Waals surface area contributed by atoms with Crippen LogP contribution in [0, 0.1) is 0 Å². The predicted octanol–water partition coefficient (Wildman–Crippen LogP) is 3.22. The molecule has 0 aromatic heterocycles. The Labute approximate surface area is 217 Å². The molecular formula is C24H50N2O6Ti+2. The molecule has 0 aliphatic rings. The zero-order chi connectivity index (χ0) is 26.7. The van der Waals surface area contributed by atoms with E-state index in [-0.39, 0.29) is 57.9 Å². The molecule has 0 aliphatic carbocycles. The van der Waals surface area contributed by atoms with E-state index < -0.39 is 11.2 Å². The fourth-order valence-electron chi connectivity index (χ4n) is 1.80. The molecule has 0 aromatic rings. The quantitative estimate of drug-likeness (QED) is 0.383. The third kappa shape index (κ3) is 49.2. The van der Waals surface area contributed by atoms with Crippen molar-refractivity contribution in [3.63, 3.8) is 0 Å². The molecule has 2 N–H and O–H groups in total. The molecule has 0 spiro atoms. The van der Waals surface area contributed by atoms with Crippen molar-refractivity contribution in [1.82, 2.24) is 9.80 Å². The summed E-state index contributed by atoms with van der Waals surface area (Å²) in [5.41, 5.74) is -1.00. The van der Waals surface area contributed by atoms with Crippen molar-refractivity contribution >= 4 is 23.4 Å². The van der Waals surface area contributed by atoms with Crippen LogP contribution >= 0.6 is 0 Å². The van der Waals surface area contributed by atoms with E-state index in [1.807, 2.05) is 27.7 Å². The topological polar surface area (TPSA) is 115 Å². The van der Waals surface area contributed by atoms with Gasteiger partial charge in [-0.05, 0) is 83.1 Å². The van der Waals surface area contributed by atoms with Crippen molar-refractivity contribution in [1.29, 1.82) is 0 Å². The van der Waals surface area contributed by atoms with E-state index in [0.29, 0.717) is 26.2 Å². The summed E-state index contributed by atoms with van der Waals surface area (Å²) in [5.74, 6) is -0.270. The van der Waals surface area contributed by atoms with Crippen molar-refractivity contribution < 1.29 is 51.1 Å². The summed E-state index contributed by atoms with van der Waals surface area (Å²) in [5, 5.41) is 17.0. The molecule has 33 heavy (non-hydrogen) atoms. The molecule has 2 amide bonds. The van der Waals surface area contributed by atoms with Crippen LogP contribution in [0.4, 0.5) is 0 Å². The van der Waals surface area contributed by atoms with Crippen LogP contribution in [0.2, 0.25) is 0 Å². The number of ketones is 2. The van der Waals surface area contributed by atoms with E-state index in [1.54, 1.807) is 51.3 Å². The first-order valence-electron chi connectivity index (χ1n) is 11.2. The molecule has 0 heterocycles. The van der Waals surface area contributed by atoms with Crippen molar-refractivity contribution in [2.75, 3.05) is 26.2 Å². The standard InChI is InChI=1S/2C8H15NO2.2C4H10O.Ti/c2*1-4-9(5-2)8(11)6-7(3)10;2*1-4(2,3)5;/h2*4-6H2,1-3H3;2*5H,1-3H3;/q;;;;+2. The fraction of sp³-hybridized carbons (Fsp3) is 0.833. The van der Waals surface area contributed by atoms with E-state index in [4.69, 9.17) is 10.2 Å². The Morgan fingerprint density at radius 2 is 0.727 bits per heavy atom. The fourth-order valence-corrected chi connectivity index (χ4v) is 1.80. The second kappa shape index (κ2) is 22.7. The van der Waals surface area contributed by atoms with Crippen LogP contribution in [0.25, 0.3) is 0 Å². The molecule has 0 atom stereocenters. The number of hydrogen-bond donors (Lipinski definition) is 2. The Morgan fingerprint density at radius 3 is 0.818 bits per heavy atom. The maximum Gasteiger partial charge on any atom is 2.00 e. The number of nitrogens with zero attached hydrogens (tertiary/aromatic N) is 2. The molecule has 0 radical (unpaired) electrons. The van der Waals surface area contributed by atoms with E-state index >= 15 is 0 Å². The number of amides is 2. The Kier molecular flexibility index (Phi) is 29.0.